The average Bonchev–Trinajstić information content (AvgIpc) is 2.85. The fourth-order valence-electron chi connectivity index (χ4n) is 1.92. The Kier molecular flexibility index (Phi) is 2.99. The molecule has 0 amide bonds. The smallest absolute Gasteiger partial charge is 0.352 e. The van der Waals surface area contributed by atoms with Gasteiger partial charge in [0.2, 0.25) is 0 Å². The van der Waals surface area contributed by atoms with Gasteiger partial charge in [-0.1, -0.05) is 0 Å². The van der Waals surface area contributed by atoms with Gasteiger partial charge in [-0.2, -0.15) is 5.10 Å². The lowest BCUT2D eigenvalue weighted by atomic mass is 10.3. The summed E-state index contributed by atoms with van der Waals surface area (Å²) < 4.78 is 3.60. The Balaban J connectivity index is 2.31. The zero-order chi connectivity index (χ0) is 12.4. The summed E-state index contributed by atoms with van der Waals surface area (Å²) in [5.74, 6) is -0.908. The Labute approximate surface area is 99.3 Å². The number of carboxylic acids is 1. The predicted octanol–water partition coefficient (Wildman–Crippen LogP) is 1.76. The van der Waals surface area contributed by atoms with Gasteiger partial charge in [-0.25, -0.2) is 4.79 Å². The normalized spacial score (nSPS) is 10.7. The lowest BCUT2D eigenvalue weighted by Gasteiger charge is -2.07. The van der Waals surface area contributed by atoms with Gasteiger partial charge in [-0.05, 0) is 32.0 Å². The molecule has 5 nitrogen and oxygen atoms in total. The van der Waals surface area contributed by atoms with Crippen molar-refractivity contribution in [1.82, 2.24) is 14.3 Å². The fraction of sp³-hybridized carbons (Fsp3) is 0.333. The van der Waals surface area contributed by atoms with Gasteiger partial charge in [0, 0.05) is 12.7 Å². The van der Waals surface area contributed by atoms with Crippen molar-refractivity contribution in [3.8, 4) is 0 Å². The van der Waals surface area contributed by atoms with Crippen LogP contribution in [0.5, 0.6) is 0 Å². The largest absolute Gasteiger partial charge is 0.477 e. The highest BCUT2D eigenvalue weighted by Gasteiger charge is 2.11. The van der Waals surface area contributed by atoms with Crippen LogP contribution in [0.15, 0.2) is 24.4 Å². The number of aromatic carboxylic acids is 1. The molecule has 2 rings (SSSR count). The molecule has 90 valence electrons. The van der Waals surface area contributed by atoms with E-state index in [-0.39, 0.29) is 0 Å². The van der Waals surface area contributed by atoms with E-state index in [9.17, 15) is 4.79 Å². The van der Waals surface area contributed by atoms with E-state index >= 15 is 0 Å². The molecule has 17 heavy (non-hydrogen) atoms. The zero-order valence-electron chi connectivity index (χ0n) is 9.92. The first-order valence-electron chi connectivity index (χ1n) is 5.53. The Bertz CT molecular complexity index is 540. The molecule has 0 unspecified atom stereocenters. The lowest BCUT2D eigenvalue weighted by Crippen LogP contribution is -2.12. The quantitative estimate of drug-likeness (QED) is 0.875. The minimum atomic E-state index is -0.908. The van der Waals surface area contributed by atoms with Gasteiger partial charge in [-0.15, -0.1) is 0 Å². The molecule has 0 aromatic carbocycles. The van der Waals surface area contributed by atoms with Gasteiger partial charge in [-0.3, -0.25) is 4.68 Å². The maximum atomic E-state index is 11.0. The second-order valence-electron chi connectivity index (χ2n) is 3.92. The standard InChI is InChI=1S/C12H15N3O2/c1-3-15-10(7-9(2)13-15)8-14-6-4-5-11(14)12(16)17/h4-7H,3,8H2,1-2H3,(H,16,17). The first kappa shape index (κ1) is 11.4. The van der Waals surface area contributed by atoms with Crippen LogP contribution in [0, 0.1) is 6.92 Å². The molecule has 0 fully saturated rings. The second kappa shape index (κ2) is 4.45. The van der Waals surface area contributed by atoms with Crippen LogP contribution in [0.3, 0.4) is 0 Å². The number of carbonyl (C=O) groups is 1. The van der Waals surface area contributed by atoms with E-state index in [2.05, 4.69) is 5.10 Å². The van der Waals surface area contributed by atoms with E-state index in [0.29, 0.717) is 12.2 Å². The third-order valence-electron chi connectivity index (χ3n) is 2.67. The third kappa shape index (κ3) is 2.22. The van der Waals surface area contributed by atoms with E-state index in [1.807, 2.05) is 24.6 Å². The van der Waals surface area contributed by atoms with Crippen molar-refractivity contribution in [3.05, 3.63) is 41.5 Å². The summed E-state index contributed by atoms with van der Waals surface area (Å²) in [6, 6.07) is 5.32. The van der Waals surface area contributed by atoms with E-state index in [1.165, 1.54) is 0 Å². The number of nitrogens with zero attached hydrogens (tertiary/aromatic N) is 3. The zero-order valence-corrected chi connectivity index (χ0v) is 9.92. The highest BCUT2D eigenvalue weighted by molar-refractivity contribution is 5.85. The number of aryl methyl sites for hydroxylation is 2. The number of rotatable bonds is 4. The monoisotopic (exact) mass is 233 g/mol. The molecule has 2 aromatic rings. The Morgan fingerprint density at radius 3 is 2.94 bits per heavy atom. The van der Waals surface area contributed by atoms with Crippen LogP contribution in [0.4, 0.5) is 0 Å². The van der Waals surface area contributed by atoms with E-state index in [4.69, 9.17) is 5.11 Å². The molecule has 1 N–H and O–H groups in total. The molecule has 0 aliphatic carbocycles. The summed E-state index contributed by atoms with van der Waals surface area (Å²) in [6.07, 6.45) is 1.77. The summed E-state index contributed by atoms with van der Waals surface area (Å²) in [5.41, 5.74) is 2.26. The van der Waals surface area contributed by atoms with Crippen molar-refractivity contribution in [2.24, 2.45) is 0 Å². The van der Waals surface area contributed by atoms with E-state index in [1.54, 1.807) is 22.9 Å². The van der Waals surface area contributed by atoms with Crippen LogP contribution < -0.4 is 0 Å². The number of carboxylic acid groups (broad SMARTS) is 1. The van der Waals surface area contributed by atoms with Gasteiger partial charge >= 0.3 is 5.97 Å². The topological polar surface area (TPSA) is 60.0 Å². The second-order valence-corrected chi connectivity index (χ2v) is 3.92. The summed E-state index contributed by atoms with van der Waals surface area (Å²) >= 11 is 0. The highest BCUT2D eigenvalue weighted by atomic mass is 16.4. The summed E-state index contributed by atoms with van der Waals surface area (Å²) in [4.78, 5) is 11.0. The first-order valence-corrected chi connectivity index (χ1v) is 5.53. The molecular formula is C12H15N3O2. The van der Waals surface area contributed by atoms with E-state index < -0.39 is 5.97 Å². The number of hydrogen-bond acceptors (Lipinski definition) is 2. The van der Waals surface area contributed by atoms with Gasteiger partial charge in [0.25, 0.3) is 0 Å². The minimum absolute atomic E-state index is 0.298. The summed E-state index contributed by atoms with van der Waals surface area (Å²) in [7, 11) is 0. The molecule has 0 saturated heterocycles. The van der Waals surface area contributed by atoms with Crippen LogP contribution in [-0.2, 0) is 13.1 Å². The van der Waals surface area contributed by atoms with Crippen molar-refractivity contribution < 1.29 is 9.90 Å². The average molecular weight is 233 g/mol. The van der Waals surface area contributed by atoms with E-state index in [0.717, 1.165) is 17.9 Å². The van der Waals surface area contributed by atoms with Gasteiger partial charge in [0.15, 0.2) is 0 Å². The Hall–Kier alpha value is -2.04. The molecule has 2 aromatic heterocycles. The molecule has 5 heteroatoms. The van der Waals surface area contributed by atoms with Crippen molar-refractivity contribution in [2.75, 3.05) is 0 Å². The number of aromatic nitrogens is 3. The maximum Gasteiger partial charge on any atom is 0.352 e. The molecule has 0 saturated carbocycles. The van der Waals surface area contributed by atoms with Crippen molar-refractivity contribution in [2.45, 2.75) is 26.9 Å². The summed E-state index contributed by atoms with van der Waals surface area (Å²) in [5, 5.41) is 13.4. The summed E-state index contributed by atoms with van der Waals surface area (Å²) in [6.45, 7) is 5.27. The molecule has 0 aliphatic heterocycles. The van der Waals surface area contributed by atoms with Gasteiger partial charge < -0.3 is 9.67 Å². The third-order valence-corrected chi connectivity index (χ3v) is 2.67. The lowest BCUT2D eigenvalue weighted by molar-refractivity contribution is 0.0685. The minimum Gasteiger partial charge on any atom is -0.477 e. The SMILES string of the molecule is CCn1nc(C)cc1Cn1cccc1C(=O)O. The molecule has 0 bridgehead atoms. The molecule has 0 aliphatic rings. The molecule has 0 spiro atoms. The van der Waals surface area contributed by atoms with Crippen molar-refractivity contribution in [3.63, 3.8) is 0 Å². The fourth-order valence-corrected chi connectivity index (χ4v) is 1.92. The van der Waals surface area contributed by atoms with Crippen LogP contribution >= 0.6 is 0 Å². The van der Waals surface area contributed by atoms with Crippen LogP contribution in [0.1, 0.15) is 28.8 Å². The van der Waals surface area contributed by atoms with Gasteiger partial charge in [0.1, 0.15) is 5.69 Å². The Morgan fingerprint density at radius 2 is 2.29 bits per heavy atom. The van der Waals surface area contributed by atoms with Gasteiger partial charge in [0.05, 0.1) is 17.9 Å². The van der Waals surface area contributed by atoms with Crippen LogP contribution in [-0.4, -0.2) is 25.4 Å². The highest BCUT2D eigenvalue weighted by Crippen LogP contribution is 2.10. The predicted molar refractivity (Wildman–Crippen MR) is 63.1 cm³/mol. The molecule has 0 atom stereocenters. The molecule has 2 heterocycles. The molecular weight excluding hydrogens is 218 g/mol. The Morgan fingerprint density at radius 1 is 1.53 bits per heavy atom. The van der Waals surface area contributed by atoms with Crippen LogP contribution in [0.2, 0.25) is 0 Å². The van der Waals surface area contributed by atoms with Crippen molar-refractivity contribution >= 4 is 5.97 Å². The molecule has 0 radical (unpaired) electrons. The van der Waals surface area contributed by atoms with Crippen LogP contribution in [0.25, 0.3) is 0 Å². The number of hydrogen-bond donors (Lipinski definition) is 1. The van der Waals surface area contributed by atoms with Crippen molar-refractivity contribution in [1.29, 1.82) is 0 Å². The first-order chi connectivity index (χ1) is 8.11. The maximum absolute atomic E-state index is 11.0.